The van der Waals surface area contributed by atoms with Gasteiger partial charge < -0.3 is 4.90 Å². The molecule has 0 saturated heterocycles. The molecule has 17 heavy (non-hydrogen) atoms. The third-order valence-corrected chi connectivity index (χ3v) is 3.13. The molecule has 0 saturated carbocycles. The molecular weight excluding hydrogens is 238 g/mol. The predicted molar refractivity (Wildman–Crippen MR) is 67.8 cm³/mol. The Morgan fingerprint density at radius 2 is 2.18 bits per heavy atom. The summed E-state index contributed by atoms with van der Waals surface area (Å²) in [7, 11) is 0. The lowest BCUT2D eigenvalue weighted by molar-refractivity contribution is 0.112. The summed E-state index contributed by atoms with van der Waals surface area (Å²) in [6.07, 6.45) is 3.85. The van der Waals surface area contributed by atoms with E-state index in [2.05, 4.69) is 27.9 Å². The molecule has 90 valence electrons. The summed E-state index contributed by atoms with van der Waals surface area (Å²) in [4.78, 5) is 21.4. The highest BCUT2D eigenvalue weighted by Gasteiger charge is 2.18. The van der Waals surface area contributed by atoms with Gasteiger partial charge >= 0.3 is 0 Å². The zero-order valence-corrected chi connectivity index (χ0v) is 10.7. The normalized spacial score (nSPS) is 15.7. The van der Waals surface area contributed by atoms with Gasteiger partial charge in [0, 0.05) is 13.1 Å². The average Bonchev–Trinajstić information content (AvgIpc) is 2.29. The molecule has 0 atom stereocenters. The topological polar surface area (TPSA) is 46.1 Å². The maximum absolute atomic E-state index is 11.1. The molecule has 0 aromatic carbocycles. The minimum atomic E-state index is 0.230. The predicted octanol–water partition coefficient (Wildman–Crippen LogP) is 2.41. The van der Waals surface area contributed by atoms with E-state index in [1.807, 2.05) is 0 Å². The molecule has 4 nitrogen and oxygen atoms in total. The van der Waals surface area contributed by atoms with Crippen LogP contribution in [0.2, 0.25) is 5.15 Å². The van der Waals surface area contributed by atoms with E-state index in [1.165, 1.54) is 5.57 Å². The molecular formula is C12H14ClN3O. The first kappa shape index (κ1) is 12.0. The quantitative estimate of drug-likeness (QED) is 0.460. The molecule has 0 bridgehead atoms. The third kappa shape index (κ3) is 2.47. The number of anilines is 1. The van der Waals surface area contributed by atoms with Gasteiger partial charge in [-0.2, -0.15) is 0 Å². The van der Waals surface area contributed by atoms with Gasteiger partial charge in [0.05, 0.1) is 5.56 Å². The van der Waals surface area contributed by atoms with E-state index < -0.39 is 0 Å². The van der Waals surface area contributed by atoms with Crippen LogP contribution in [0.15, 0.2) is 11.6 Å². The van der Waals surface area contributed by atoms with Crippen LogP contribution in [0.1, 0.15) is 29.5 Å². The Labute approximate surface area is 105 Å². The van der Waals surface area contributed by atoms with Gasteiger partial charge in [0.1, 0.15) is 16.8 Å². The van der Waals surface area contributed by atoms with Gasteiger partial charge in [-0.3, -0.25) is 4.79 Å². The lowest BCUT2D eigenvalue weighted by Gasteiger charge is -2.27. The standard InChI is InChI=1S/C12H14ClN3O/c1-8-3-5-16(6-4-8)12-10(7-17)11(13)14-9(2)15-12/h3,7H,4-6H2,1-2H3. The molecule has 1 aliphatic rings. The number of aromatic nitrogens is 2. The second kappa shape index (κ2) is 4.84. The lowest BCUT2D eigenvalue weighted by atomic mass is 10.1. The molecule has 1 aromatic rings. The van der Waals surface area contributed by atoms with Crippen LogP contribution in [-0.4, -0.2) is 29.3 Å². The zero-order chi connectivity index (χ0) is 12.4. The van der Waals surface area contributed by atoms with Crippen molar-refractivity contribution in [1.29, 1.82) is 0 Å². The fourth-order valence-corrected chi connectivity index (χ4v) is 2.09. The SMILES string of the molecule is CC1=CCN(c2nc(C)nc(Cl)c2C=O)CC1. The Hall–Kier alpha value is -1.42. The molecule has 1 aliphatic heterocycles. The Balaban J connectivity index is 2.41. The Kier molecular flexibility index (Phi) is 3.43. The van der Waals surface area contributed by atoms with Crippen LogP contribution >= 0.6 is 11.6 Å². The highest BCUT2D eigenvalue weighted by molar-refractivity contribution is 6.32. The van der Waals surface area contributed by atoms with Crippen molar-refractivity contribution in [2.24, 2.45) is 0 Å². The fraction of sp³-hybridized carbons (Fsp3) is 0.417. The average molecular weight is 252 g/mol. The maximum atomic E-state index is 11.1. The van der Waals surface area contributed by atoms with Gasteiger partial charge in [0.15, 0.2) is 6.29 Å². The van der Waals surface area contributed by atoms with E-state index in [9.17, 15) is 4.79 Å². The first-order valence-corrected chi connectivity index (χ1v) is 5.89. The second-order valence-corrected chi connectivity index (χ2v) is 4.52. The Morgan fingerprint density at radius 1 is 1.41 bits per heavy atom. The summed E-state index contributed by atoms with van der Waals surface area (Å²) in [6.45, 7) is 5.50. The summed E-state index contributed by atoms with van der Waals surface area (Å²) < 4.78 is 0. The van der Waals surface area contributed by atoms with E-state index in [0.29, 0.717) is 17.2 Å². The fourth-order valence-electron chi connectivity index (χ4n) is 1.84. The van der Waals surface area contributed by atoms with E-state index in [-0.39, 0.29) is 5.15 Å². The van der Waals surface area contributed by atoms with E-state index in [1.54, 1.807) is 6.92 Å². The van der Waals surface area contributed by atoms with Gasteiger partial charge in [-0.25, -0.2) is 9.97 Å². The number of aryl methyl sites for hydroxylation is 1. The molecule has 1 aromatic heterocycles. The van der Waals surface area contributed by atoms with E-state index in [0.717, 1.165) is 25.8 Å². The molecule has 0 amide bonds. The number of hydrogen-bond donors (Lipinski definition) is 0. The second-order valence-electron chi connectivity index (χ2n) is 4.16. The number of aldehydes is 1. The van der Waals surface area contributed by atoms with Gasteiger partial charge in [-0.05, 0) is 20.3 Å². The number of rotatable bonds is 2. The van der Waals surface area contributed by atoms with Gasteiger partial charge in [0.25, 0.3) is 0 Å². The summed E-state index contributed by atoms with van der Waals surface area (Å²) in [5.74, 6) is 1.23. The first-order chi connectivity index (χ1) is 8.11. The molecule has 0 radical (unpaired) electrons. The molecule has 2 heterocycles. The molecule has 0 fully saturated rings. The number of carbonyl (C=O) groups excluding carboxylic acids is 1. The molecule has 5 heteroatoms. The first-order valence-electron chi connectivity index (χ1n) is 5.51. The third-order valence-electron chi connectivity index (χ3n) is 2.84. The van der Waals surface area contributed by atoms with E-state index >= 15 is 0 Å². The molecule has 0 spiro atoms. The monoisotopic (exact) mass is 251 g/mol. The molecule has 0 unspecified atom stereocenters. The number of hydrogen-bond acceptors (Lipinski definition) is 4. The summed E-state index contributed by atoms with van der Waals surface area (Å²) in [6, 6.07) is 0. The smallest absolute Gasteiger partial charge is 0.156 e. The minimum Gasteiger partial charge on any atom is -0.352 e. The van der Waals surface area contributed by atoms with Crippen molar-refractivity contribution in [3.63, 3.8) is 0 Å². The maximum Gasteiger partial charge on any atom is 0.156 e. The van der Waals surface area contributed by atoms with Crippen LogP contribution in [0.25, 0.3) is 0 Å². The summed E-state index contributed by atoms with van der Waals surface area (Å²) in [5, 5.41) is 0.230. The lowest BCUT2D eigenvalue weighted by Crippen LogP contribution is -2.30. The largest absolute Gasteiger partial charge is 0.352 e. The van der Waals surface area contributed by atoms with Crippen molar-refractivity contribution >= 4 is 23.7 Å². The molecule has 0 aliphatic carbocycles. The summed E-state index contributed by atoms with van der Waals surface area (Å²) >= 11 is 5.96. The van der Waals surface area contributed by atoms with Crippen molar-refractivity contribution < 1.29 is 4.79 Å². The Morgan fingerprint density at radius 3 is 2.76 bits per heavy atom. The summed E-state index contributed by atoms with van der Waals surface area (Å²) in [5.41, 5.74) is 1.75. The van der Waals surface area contributed by atoms with Crippen LogP contribution in [0.4, 0.5) is 5.82 Å². The van der Waals surface area contributed by atoms with Crippen molar-refractivity contribution in [2.75, 3.05) is 18.0 Å². The van der Waals surface area contributed by atoms with Crippen LogP contribution in [0.3, 0.4) is 0 Å². The van der Waals surface area contributed by atoms with Crippen LogP contribution in [0, 0.1) is 6.92 Å². The van der Waals surface area contributed by atoms with Crippen molar-refractivity contribution in [2.45, 2.75) is 20.3 Å². The van der Waals surface area contributed by atoms with Crippen LogP contribution < -0.4 is 4.90 Å². The molecule has 0 N–H and O–H groups in total. The highest BCUT2D eigenvalue weighted by atomic mass is 35.5. The molecule has 2 rings (SSSR count). The van der Waals surface area contributed by atoms with Crippen molar-refractivity contribution in [1.82, 2.24) is 9.97 Å². The highest BCUT2D eigenvalue weighted by Crippen LogP contribution is 2.25. The van der Waals surface area contributed by atoms with Crippen LogP contribution in [-0.2, 0) is 0 Å². The minimum absolute atomic E-state index is 0.230. The number of carbonyl (C=O) groups is 1. The zero-order valence-electron chi connectivity index (χ0n) is 9.90. The van der Waals surface area contributed by atoms with E-state index in [4.69, 9.17) is 11.6 Å². The number of halogens is 1. The van der Waals surface area contributed by atoms with Crippen molar-refractivity contribution in [3.8, 4) is 0 Å². The van der Waals surface area contributed by atoms with Gasteiger partial charge in [-0.15, -0.1) is 0 Å². The number of nitrogens with zero attached hydrogens (tertiary/aromatic N) is 3. The van der Waals surface area contributed by atoms with Crippen LogP contribution in [0.5, 0.6) is 0 Å². The Bertz CT molecular complexity index is 485. The van der Waals surface area contributed by atoms with Gasteiger partial charge in [0.2, 0.25) is 0 Å². The van der Waals surface area contributed by atoms with Crippen molar-refractivity contribution in [3.05, 3.63) is 28.2 Å². The van der Waals surface area contributed by atoms with Gasteiger partial charge in [-0.1, -0.05) is 23.3 Å².